The van der Waals surface area contributed by atoms with Gasteiger partial charge in [-0.3, -0.25) is 0 Å². The molecule has 0 spiro atoms. The zero-order valence-corrected chi connectivity index (χ0v) is 12.7. The lowest BCUT2D eigenvalue weighted by Crippen LogP contribution is -3.02. The van der Waals surface area contributed by atoms with Gasteiger partial charge in [-0.05, 0) is 32.9 Å². The highest BCUT2D eigenvalue weighted by Gasteiger charge is 2.54. The van der Waals surface area contributed by atoms with Crippen LogP contribution in [0.1, 0.15) is 33.3 Å². The molecule has 1 aliphatic rings. The summed E-state index contributed by atoms with van der Waals surface area (Å²) in [4.78, 5) is 0. The van der Waals surface area contributed by atoms with Crippen LogP contribution in [-0.2, 0) is 15.5 Å². The molecule has 1 aromatic carbocycles. The van der Waals surface area contributed by atoms with Gasteiger partial charge in [-0.25, -0.2) is 0 Å². The molecule has 0 aromatic heterocycles. The van der Waals surface area contributed by atoms with E-state index in [4.69, 9.17) is 19.7 Å². The van der Waals surface area contributed by atoms with E-state index in [-0.39, 0.29) is 5.46 Å². The predicted molar refractivity (Wildman–Crippen MR) is 71.4 cm³/mol. The summed E-state index contributed by atoms with van der Waals surface area (Å²) in [6, 6.07) is 3.47. The summed E-state index contributed by atoms with van der Waals surface area (Å²) < 4.78 is 51.3. The number of halogens is 3. The third-order valence-corrected chi connectivity index (χ3v) is 4.13. The Hall–Kier alpha value is -1.13. The average molecular weight is 320 g/mol. The molecule has 1 fully saturated rings. The Kier molecular flexibility index (Phi) is 4.08. The van der Waals surface area contributed by atoms with Crippen molar-refractivity contribution < 1.29 is 38.1 Å². The topological polar surface area (TPSA) is 63.4 Å². The summed E-state index contributed by atoms with van der Waals surface area (Å²) in [6.07, 6.45) is -4.79. The van der Waals surface area contributed by atoms with E-state index in [1.807, 2.05) is 0 Å². The Morgan fingerprint density at radius 1 is 1.05 bits per heavy atom. The van der Waals surface area contributed by atoms with E-state index in [0.717, 1.165) is 6.07 Å². The van der Waals surface area contributed by atoms with Gasteiger partial charge in [-0.15, -0.1) is 0 Å². The lowest BCUT2D eigenvalue weighted by Gasteiger charge is -2.32. The molecular formula is C13H18BF3NO4+. The second kappa shape index (κ2) is 5.21. The molecule has 1 aromatic rings. The first-order valence-electron chi connectivity index (χ1n) is 6.68. The predicted octanol–water partition coefficient (Wildman–Crippen LogP) is 1.30. The van der Waals surface area contributed by atoms with E-state index in [1.165, 1.54) is 12.1 Å². The van der Waals surface area contributed by atoms with Crippen LogP contribution in [0.3, 0.4) is 0 Å². The van der Waals surface area contributed by atoms with E-state index in [9.17, 15) is 13.2 Å². The maximum atomic E-state index is 13.4. The van der Waals surface area contributed by atoms with Crippen LogP contribution in [0.4, 0.5) is 18.9 Å². The van der Waals surface area contributed by atoms with Gasteiger partial charge in [0.2, 0.25) is 5.69 Å². The van der Waals surface area contributed by atoms with Gasteiger partial charge in [0.1, 0.15) is 5.56 Å². The lowest BCUT2D eigenvalue weighted by molar-refractivity contribution is -1.19. The van der Waals surface area contributed by atoms with Crippen molar-refractivity contribution in [3.05, 3.63) is 23.8 Å². The fraction of sp³-hybridized carbons (Fsp3) is 0.538. The van der Waals surface area contributed by atoms with Gasteiger partial charge >= 0.3 is 13.3 Å². The summed E-state index contributed by atoms with van der Waals surface area (Å²) >= 11 is 0. The van der Waals surface area contributed by atoms with E-state index < -0.39 is 41.0 Å². The molecule has 9 heteroatoms. The minimum absolute atomic E-state index is 0.288. The highest BCUT2D eigenvalue weighted by molar-refractivity contribution is 6.62. The van der Waals surface area contributed by atoms with Crippen LogP contribution in [0.2, 0.25) is 0 Å². The van der Waals surface area contributed by atoms with Crippen LogP contribution in [0.25, 0.3) is 0 Å². The summed E-state index contributed by atoms with van der Waals surface area (Å²) in [5.74, 6) is 0. The molecule has 0 saturated carbocycles. The Morgan fingerprint density at radius 2 is 1.55 bits per heavy atom. The molecule has 1 heterocycles. The molecule has 3 N–H and O–H groups in total. The van der Waals surface area contributed by atoms with Crippen LogP contribution >= 0.6 is 0 Å². The molecule has 122 valence electrons. The Labute approximate surface area is 126 Å². The van der Waals surface area contributed by atoms with Crippen molar-refractivity contribution >= 4 is 18.3 Å². The van der Waals surface area contributed by atoms with Crippen molar-refractivity contribution in [3.63, 3.8) is 0 Å². The first kappa shape index (κ1) is 17.2. The summed E-state index contributed by atoms with van der Waals surface area (Å²) in [5, 5.41) is 16.9. The van der Waals surface area contributed by atoms with Crippen LogP contribution in [0.5, 0.6) is 0 Å². The SMILES string of the molecule is CC1(C)OB(c2cccc([NH+](O)O)c2C(F)(F)F)OC1(C)C. The van der Waals surface area contributed by atoms with Crippen molar-refractivity contribution in [2.75, 3.05) is 0 Å². The molecule has 0 radical (unpaired) electrons. The van der Waals surface area contributed by atoms with Gasteiger partial charge in [-0.1, -0.05) is 12.1 Å². The highest BCUT2D eigenvalue weighted by atomic mass is 19.4. The van der Waals surface area contributed by atoms with E-state index in [0.29, 0.717) is 0 Å². The van der Waals surface area contributed by atoms with E-state index in [2.05, 4.69) is 0 Å². The molecule has 0 aliphatic carbocycles. The standard InChI is InChI=1S/C13H17BF3NO4/c1-11(2)12(3,4)22-14(21-11)8-6-5-7-9(18(19)20)10(8)13(15,16)17/h5-7,19-20H,1-4H3/p+1. The minimum atomic E-state index is -4.79. The summed E-state index contributed by atoms with van der Waals surface area (Å²) in [5.41, 5.74) is -3.78. The van der Waals surface area contributed by atoms with Crippen LogP contribution in [-0.4, -0.2) is 28.7 Å². The molecule has 0 atom stereocenters. The maximum absolute atomic E-state index is 13.4. The van der Waals surface area contributed by atoms with Crippen LogP contribution in [0, 0.1) is 0 Å². The second-order valence-electron chi connectivity index (χ2n) is 6.18. The van der Waals surface area contributed by atoms with Crippen molar-refractivity contribution in [2.45, 2.75) is 45.1 Å². The maximum Gasteiger partial charge on any atom is 0.495 e. The normalized spacial score (nSPS) is 20.7. The van der Waals surface area contributed by atoms with Gasteiger partial charge in [-0.2, -0.15) is 23.6 Å². The van der Waals surface area contributed by atoms with Gasteiger partial charge in [0.25, 0.3) is 0 Å². The summed E-state index contributed by atoms with van der Waals surface area (Å²) in [6.45, 7) is 6.89. The van der Waals surface area contributed by atoms with Crippen molar-refractivity contribution in [1.29, 1.82) is 0 Å². The quantitative estimate of drug-likeness (QED) is 0.568. The minimum Gasteiger partial charge on any atom is -0.399 e. The number of hydrogen-bond acceptors (Lipinski definition) is 4. The summed E-state index contributed by atoms with van der Waals surface area (Å²) in [7, 11) is -1.25. The molecule has 0 amide bonds. The van der Waals surface area contributed by atoms with E-state index in [1.54, 1.807) is 27.7 Å². The second-order valence-corrected chi connectivity index (χ2v) is 6.18. The van der Waals surface area contributed by atoms with E-state index >= 15 is 0 Å². The molecule has 2 rings (SSSR count). The van der Waals surface area contributed by atoms with Gasteiger partial charge in [0.15, 0.2) is 0 Å². The largest absolute Gasteiger partial charge is 0.495 e. The molecule has 0 bridgehead atoms. The van der Waals surface area contributed by atoms with Crippen molar-refractivity contribution in [1.82, 2.24) is 0 Å². The molecule has 1 saturated heterocycles. The zero-order valence-electron chi connectivity index (χ0n) is 12.7. The fourth-order valence-corrected chi connectivity index (χ4v) is 2.24. The smallest absolute Gasteiger partial charge is 0.399 e. The average Bonchev–Trinajstić information content (AvgIpc) is 2.56. The van der Waals surface area contributed by atoms with Crippen LogP contribution in [0.15, 0.2) is 18.2 Å². The van der Waals surface area contributed by atoms with Gasteiger partial charge < -0.3 is 9.31 Å². The molecule has 22 heavy (non-hydrogen) atoms. The molecule has 1 aliphatic heterocycles. The molecule has 0 unspecified atom stereocenters. The number of quaternary nitrogens is 1. The molecule has 5 nitrogen and oxygen atoms in total. The monoisotopic (exact) mass is 320 g/mol. The highest BCUT2D eigenvalue weighted by Crippen LogP contribution is 2.39. The Bertz CT molecular complexity index is 559. The van der Waals surface area contributed by atoms with Gasteiger partial charge in [0.05, 0.1) is 11.2 Å². The number of rotatable bonds is 2. The number of hydrogen-bond donors (Lipinski definition) is 3. The van der Waals surface area contributed by atoms with Crippen LogP contribution < -0.4 is 10.7 Å². The third-order valence-electron chi connectivity index (χ3n) is 4.13. The molecular weight excluding hydrogens is 302 g/mol. The number of benzene rings is 1. The zero-order chi connectivity index (χ0) is 16.9. The fourth-order valence-electron chi connectivity index (χ4n) is 2.24. The first-order valence-corrected chi connectivity index (χ1v) is 6.68. The Balaban J connectivity index is 2.56. The Morgan fingerprint density at radius 3 is 1.95 bits per heavy atom. The lowest BCUT2D eigenvalue weighted by atomic mass is 9.75. The third kappa shape index (κ3) is 2.87. The van der Waals surface area contributed by atoms with Gasteiger partial charge in [0, 0.05) is 11.5 Å². The number of nitrogens with one attached hydrogen (secondary N) is 1. The number of alkyl halides is 3. The van der Waals surface area contributed by atoms with Crippen molar-refractivity contribution in [3.8, 4) is 0 Å². The van der Waals surface area contributed by atoms with Crippen molar-refractivity contribution in [2.24, 2.45) is 0 Å². The first-order chi connectivity index (χ1) is 9.87.